The van der Waals surface area contributed by atoms with Crippen LogP contribution in [0.3, 0.4) is 0 Å². The van der Waals surface area contributed by atoms with Crippen molar-refractivity contribution in [2.24, 2.45) is 5.10 Å². The lowest BCUT2D eigenvalue weighted by Crippen LogP contribution is -2.22. The van der Waals surface area contributed by atoms with Gasteiger partial charge in [-0.15, -0.1) is 0 Å². The molecular formula is C20H17Br2N3O2. The molecule has 0 fully saturated rings. The molecule has 0 aliphatic heterocycles. The van der Waals surface area contributed by atoms with Crippen LogP contribution >= 0.6 is 31.9 Å². The molecule has 0 amide bonds. The highest BCUT2D eigenvalue weighted by Gasteiger charge is 2.09. The molecule has 1 aromatic heterocycles. The molecule has 0 spiro atoms. The summed E-state index contributed by atoms with van der Waals surface area (Å²) in [5.41, 5.74) is 1.30. The Hall–Kier alpha value is -2.25. The summed E-state index contributed by atoms with van der Waals surface area (Å²) < 4.78 is 8.52. The SMILES string of the molecule is C=CCOc1ccc(C=Nn2c(CC)nc3ccc(Br)cc3c2=O)cc1Br. The first-order valence-electron chi connectivity index (χ1n) is 8.32. The van der Waals surface area contributed by atoms with E-state index in [0.29, 0.717) is 29.8 Å². The van der Waals surface area contributed by atoms with Crippen molar-refractivity contribution < 1.29 is 4.74 Å². The minimum absolute atomic E-state index is 0.195. The van der Waals surface area contributed by atoms with E-state index in [4.69, 9.17) is 4.74 Å². The van der Waals surface area contributed by atoms with Crippen LogP contribution in [0, 0.1) is 0 Å². The van der Waals surface area contributed by atoms with Gasteiger partial charge >= 0.3 is 0 Å². The Morgan fingerprint density at radius 3 is 2.78 bits per heavy atom. The maximum atomic E-state index is 12.9. The molecule has 0 atom stereocenters. The topological polar surface area (TPSA) is 56.5 Å². The van der Waals surface area contributed by atoms with Gasteiger partial charge in [-0.05, 0) is 57.9 Å². The number of aromatic nitrogens is 2. The molecule has 1 heterocycles. The number of halogens is 2. The average molecular weight is 491 g/mol. The van der Waals surface area contributed by atoms with Crippen LogP contribution in [0.25, 0.3) is 10.9 Å². The normalized spacial score (nSPS) is 11.2. The lowest BCUT2D eigenvalue weighted by Gasteiger charge is -2.08. The zero-order valence-corrected chi connectivity index (χ0v) is 17.8. The standard InChI is InChI=1S/C20H17Br2N3O2/c1-3-9-27-18-8-5-13(10-16(18)22)12-23-25-19(4-2)24-17-7-6-14(21)11-15(17)20(25)26/h3,5-8,10-12H,1,4,9H2,2H3. The molecule has 3 aromatic rings. The Labute approximate surface area is 173 Å². The number of benzene rings is 2. The Kier molecular flexibility index (Phi) is 6.23. The van der Waals surface area contributed by atoms with Crippen LogP contribution in [-0.4, -0.2) is 22.5 Å². The average Bonchev–Trinajstić information content (AvgIpc) is 2.66. The summed E-state index contributed by atoms with van der Waals surface area (Å²) in [6.07, 6.45) is 3.91. The smallest absolute Gasteiger partial charge is 0.282 e. The lowest BCUT2D eigenvalue weighted by atomic mass is 10.2. The third-order valence-corrected chi connectivity index (χ3v) is 4.94. The quantitative estimate of drug-likeness (QED) is 0.363. The van der Waals surface area contributed by atoms with E-state index in [1.54, 1.807) is 18.4 Å². The second kappa shape index (κ2) is 8.63. The third-order valence-electron chi connectivity index (χ3n) is 3.83. The van der Waals surface area contributed by atoms with Crippen LogP contribution in [0.5, 0.6) is 5.75 Å². The molecule has 0 saturated heterocycles. The molecule has 0 unspecified atom stereocenters. The van der Waals surface area contributed by atoms with Crippen molar-refractivity contribution >= 4 is 49.0 Å². The van der Waals surface area contributed by atoms with Gasteiger partial charge in [-0.3, -0.25) is 4.79 Å². The van der Waals surface area contributed by atoms with E-state index in [2.05, 4.69) is 48.5 Å². The highest BCUT2D eigenvalue weighted by molar-refractivity contribution is 9.10. The van der Waals surface area contributed by atoms with Crippen LogP contribution in [0.4, 0.5) is 0 Å². The molecule has 5 nitrogen and oxygen atoms in total. The monoisotopic (exact) mass is 489 g/mol. The summed E-state index contributed by atoms with van der Waals surface area (Å²) in [5, 5.41) is 4.90. The zero-order valence-electron chi connectivity index (χ0n) is 14.7. The van der Waals surface area contributed by atoms with E-state index in [9.17, 15) is 4.79 Å². The Morgan fingerprint density at radius 1 is 1.26 bits per heavy atom. The lowest BCUT2D eigenvalue weighted by molar-refractivity contribution is 0.361. The van der Waals surface area contributed by atoms with Crippen molar-refractivity contribution in [1.29, 1.82) is 0 Å². The van der Waals surface area contributed by atoms with Crippen LogP contribution in [-0.2, 0) is 6.42 Å². The minimum Gasteiger partial charge on any atom is -0.488 e. The van der Waals surface area contributed by atoms with Crippen LogP contribution in [0.2, 0.25) is 0 Å². The van der Waals surface area contributed by atoms with E-state index in [1.807, 2.05) is 37.3 Å². The van der Waals surface area contributed by atoms with Crippen molar-refractivity contribution in [3.8, 4) is 5.75 Å². The summed E-state index contributed by atoms with van der Waals surface area (Å²) in [4.78, 5) is 17.4. The molecule has 0 aliphatic carbocycles. The largest absolute Gasteiger partial charge is 0.488 e. The van der Waals surface area contributed by atoms with Gasteiger partial charge in [0, 0.05) is 10.9 Å². The Morgan fingerprint density at radius 2 is 2.07 bits per heavy atom. The van der Waals surface area contributed by atoms with Crippen LogP contribution < -0.4 is 10.3 Å². The minimum atomic E-state index is -0.195. The fourth-order valence-electron chi connectivity index (χ4n) is 2.53. The molecule has 138 valence electrons. The summed E-state index contributed by atoms with van der Waals surface area (Å²) in [5.74, 6) is 1.33. The van der Waals surface area contributed by atoms with Crippen LogP contribution in [0.1, 0.15) is 18.3 Å². The number of ether oxygens (including phenoxy) is 1. The van der Waals surface area contributed by atoms with Gasteiger partial charge in [0.1, 0.15) is 18.2 Å². The summed E-state index contributed by atoms with van der Waals surface area (Å²) >= 11 is 6.88. The van der Waals surface area contributed by atoms with Crippen molar-refractivity contribution in [1.82, 2.24) is 9.66 Å². The summed E-state index contributed by atoms with van der Waals surface area (Å²) in [6.45, 7) is 6.01. The van der Waals surface area contributed by atoms with E-state index >= 15 is 0 Å². The molecule has 3 rings (SSSR count). The van der Waals surface area contributed by atoms with Gasteiger partial charge in [-0.25, -0.2) is 4.98 Å². The number of rotatable bonds is 6. The van der Waals surface area contributed by atoms with Gasteiger partial charge in [0.15, 0.2) is 0 Å². The Bertz CT molecular complexity index is 1090. The summed E-state index contributed by atoms with van der Waals surface area (Å²) in [7, 11) is 0. The van der Waals surface area contributed by atoms with Crippen molar-refractivity contribution in [3.63, 3.8) is 0 Å². The summed E-state index contributed by atoms with van der Waals surface area (Å²) in [6, 6.07) is 11.0. The first kappa shape index (κ1) is 19.5. The van der Waals surface area contributed by atoms with Gasteiger partial charge in [0.05, 0.1) is 21.6 Å². The van der Waals surface area contributed by atoms with E-state index in [1.165, 1.54) is 4.68 Å². The zero-order chi connectivity index (χ0) is 19.4. The molecule has 2 aromatic carbocycles. The molecule has 0 radical (unpaired) electrons. The highest BCUT2D eigenvalue weighted by Crippen LogP contribution is 2.25. The van der Waals surface area contributed by atoms with Gasteiger partial charge in [-0.1, -0.05) is 35.5 Å². The molecule has 7 heteroatoms. The number of fused-ring (bicyclic) bond motifs is 1. The number of hydrogen-bond acceptors (Lipinski definition) is 4. The van der Waals surface area contributed by atoms with Gasteiger partial charge in [-0.2, -0.15) is 9.78 Å². The predicted octanol–water partition coefficient (Wildman–Crippen LogP) is 4.93. The number of aryl methyl sites for hydroxylation is 1. The van der Waals surface area contributed by atoms with E-state index in [0.717, 1.165) is 20.3 Å². The van der Waals surface area contributed by atoms with Gasteiger partial charge < -0.3 is 4.74 Å². The first-order chi connectivity index (χ1) is 13.0. The molecule has 0 aliphatic rings. The van der Waals surface area contributed by atoms with Crippen molar-refractivity contribution in [3.05, 3.63) is 79.7 Å². The second-order valence-electron chi connectivity index (χ2n) is 5.69. The molecule has 0 saturated carbocycles. The molecule has 27 heavy (non-hydrogen) atoms. The molecule has 0 N–H and O–H groups in total. The fraction of sp³-hybridized carbons (Fsp3) is 0.150. The highest BCUT2D eigenvalue weighted by atomic mass is 79.9. The maximum absolute atomic E-state index is 12.9. The maximum Gasteiger partial charge on any atom is 0.282 e. The third kappa shape index (κ3) is 4.36. The number of nitrogens with zero attached hydrogens (tertiary/aromatic N) is 3. The Balaban J connectivity index is 2.00. The van der Waals surface area contributed by atoms with Gasteiger partial charge in [0.2, 0.25) is 0 Å². The van der Waals surface area contributed by atoms with Crippen molar-refractivity contribution in [2.75, 3.05) is 6.61 Å². The van der Waals surface area contributed by atoms with Gasteiger partial charge in [0.25, 0.3) is 5.56 Å². The van der Waals surface area contributed by atoms with E-state index < -0.39 is 0 Å². The van der Waals surface area contributed by atoms with Crippen molar-refractivity contribution in [2.45, 2.75) is 13.3 Å². The molecule has 0 bridgehead atoms. The van der Waals surface area contributed by atoms with E-state index in [-0.39, 0.29) is 5.56 Å². The van der Waals surface area contributed by atoms with Crippen LogP contribution in [0.15, 0.2) is 67.9 Å². The number of hydrogen-bond donors (Lipinski definition) is 0. The first-order valence-corrected chi connectivity index (χ1v) is 9.91. The fourth-order valence-corrected chi connectivity index (χ4v) is 3.40. The predicted molar refractivity (Wildman–Crippen MR) is 116 cm³/mol. The second-order valence-corrected chi connectivity index (χ2v) is 7.46. The molecular weight excluding hydrogens is 474 g/mol.